The van der Waals surface area contributed by atoms with E-state index in [1.54, 1.807) is 18.2 Å². The van der Waals surface area contributed by atoms with Crippen LogP contribution >= 0.6 is 54.5 Å². The maximum atomic E-state index is 12.5. The number of halogens is 3. The van der Waals surface area contributed by atoms with Gasteiger partial charge in [0.1, 0.15) is 24.0 Å². The molecule has 7 heteroatoms. The summed E-state index contributed by atoms with van der Waals surface area (Å²) in [5, 5.41) is 12.2. The molecular weight excluding hydrogens is 635 g/mol. The quantitative estimate of drug-likeness (QED) is 0.174. The molecule has 0 spiro atoms. The highest BCUT2D eigenvalue weighted by Gasteiger charge is 2.13. The number of rotatable bonds is 6. The number of nitrogens with zero attached hydrogens (tertiary/aromatic N) is 1. The minimum Gasteiger partial charge on any atom is -0.487 e. The van der Waals surface area contributed by atoms with Crippen LogP contribution in [-0.4, -0.2) is 5.91 Å². The highest BCUT2D eigenvalue weighted by atomic mass is 127. The Hall–Kier alpha value is -2.15. The Balaban J connectivity index is 1.76. The zero-order valence-electron chi connectivity index (χ0n) is 16.5. The molecule has 0 atom stereocenters. The van der Waals surface area contributed by atoms with Crippen molar-refractivity contribution in [3.8, 4) is 11.8 Å². The SMILES string of the molecule is Cc1cccc(COc2c(Br)cc(/C=C(/C#N)C(=O)Nc3ccc(Br)cc3)cc2I)c1. The van der Waals surface area contributed by atoms with Crippen molar-refractivity contribution in [2.24, 2.45) is 0 Å². The van der Waals surface area contributed by atoms with E-state index in [9.17, 15) is 10.1 Å². The van der Waals surface area contributed by atoms with Gasteiger partial charge in [0.15, 0.2) is 0 Å². The van der Waals surface area contributed by atoms with Gasteiger partial charge >= 0.3 is 0 Å². The molecule has 0 radical (unpaired) electrons. The van der Waals surface area contributed by atoms with E-state index in [2.05, 4.69) is 65.8 Å². The minimum atomic E-state index is -0.462. The lowest BCUT2D eigenvalue weighted by atomic mass is 10.1. The fourth-order valence-corrected chi connectivity index (χ4v) is 4.84. The van der Waals surface area contributed by atoms with Gasteiger partial charge in [-0.05, 0) is 99.0 Å². The van der Waals surface area contributed by atoms with Crippen LogP contribution in [0.15, 0.2) is 75.2 Å². The number of nitriles is 1. The molecule has 0 unspecified atom stereocenters. The predicted molar refractivity (Wildman–Crippen MR) is 139 cm³/mol. The molecular formula is C24H17Br2IN2O2. The van der Waals surface area contributed by atoms with Gasteiger partial charge < -0.3 is 10.1 Å². The first-order valence-corrected chi connectivity index (χ1v) is 11.9. The summed E-state index contributed by atoms with van der Waals surface area (Å²) < 4.78 is 8.54. The van der Waals surface area contributed by atoms with Crippen LogP contribution in [0.25, 0.3) is 6.08 Å². The second kappa shape index (κ2) is 10.9. The van der Waals surface area contributed by atoms with E-state index in [0.717, 1.165) is 29.4 Å². The molecule has 4 nitrogen and oxygen atoms in total. The molecule has 3 aromatic rings. The number of ether oxygens (including phenoxy) is 1. The van der Waals surface area contributed by atoms with Crippen molar-refractivity contribution in [2.45, 2.75) is 13.5 Å². The summed E-state index contributed by atoms with van der Waals surface area (Å²) in [6.07, 6.45) is 1.56. The zero-order chi connectivity index (χ0) is 22.4. The van der Waals surface area contributed by atoms with Crippen LogP contribution in [0.5, 0.6) is 5.75 Å². The predicted octanol–water partition coefficient (Wildman–Crippen LogP) is 7.25. The summed E-state index contributed by atoms with van der Waals surface area (Å²) in [5.41, 5.74) is 3.62. The van der Waals surface area contributed by atoms with E-state index in [1.165, 1.54) is 5.56 Å². The molecule has 3 aromatic carbocycles. The van der Waals surface area contributed by atoms with E-state index in [4.69, 9.17) is 4.74 Å². The molecule has 0 aliphatic heterocycles. The summed E-state index contributed by atoms with van der Waals surface area (Å²) in [6, 6.07) is 21.0. The highest BCUT2D eigenvalue weighted by molar-refractivity contribution is 14.1. The van der Waals surface area contributed by atoms with Crippen molar-refractivity contribution >= 4 is 72.1 Å². The Morgan fingerprint density at radius 1 is 1.16 bits per heavy atom. The number of amides is 1. The third-order valence-corrected chi connectivity index (χ3v) is 6.18. The van der Waals surface area contributed by atoms with Gasteiger partial charge in [0, 0.05) is 10.2 Å². The van der Waals surface area contributed by atoms with E-state index in [0.29, 0.717) is 12.3 Å². The van der Waals surface area contributed by atoms with Crippen molar-refractivity contribution in [2.75, 3.05) is 5.32 Å². The molecule has 0 aliphatic carbocycles. The van der Waals surface area contributed by atoms with Gasteiger partial charge in [-0.1, -0.05) is 45.8 Å². The second-order valence-corrected chi connectivity index (χ2v) is 9.65. The highest BCUT2D eigenvalue weighted by Crippen LogP contribution is 2.33. The molecule has 0 aliphatic rings. The number of aryl methyl sites for hydroxylation is 1. The van der Waals surface area contributed by atoms with Gasteiger partial charge in [-0.2, -0.15) is 5.26 Å². The summed E-state index contributed by atoms with van der Waals surface area (Å²) in [4.78, 5) is 12.5. The number of carbonyl (C=O) groups excluding carboxylic acids is 1. The Morgan fingerprint density at radius 3 is 2.55 bits per heavy atom. The molecule has 0 heterocycles. The molecule has 0 fully saturated rings. The summed E-state index contributed by atoms with van der Waals surface area (Å²) in [5.74, 6) is 0.257. The van der Waals surface area contributed by atoms with Crippen LogP contribution < -0.4 is 10.1 Å². The van der Waals surface area contributed by atoms with Gasteiger partial charge in [-0.25, -0.2) is 0 Å². The molecule has 156 valence electrons. The van der Waals surface area contributed by atoms with Crippen molar-refractivity contribution in [3.63, 3.8) is 0 Å². The Labute approximate surface area is 211 Å². The number of hydrogen-bond acceptors (Lipinski definition) is 3. The van der Waals surface area contributed by atoms with Crippen LogP contribution in [0, 0.1) is 21.8 Å². The van der Waals surface area contributed by atoms with Crippen molar-refractivity contribution < 1.29 is 9.53 Å². The van der Waals surface area contributed by atoms with Crippen LogP contribution in [0.4, 0.5) is 5.69 Å². The summed E-state index contributed by atoms with van der Waals surface area (Å²) >= 11 is 9.09. The zero-order valence-corrected chi connectivity index (χ0v) is 21.8. The molecule has 0 aromatic heterocycles. The molecule has 0 saturated carbocycles. The first-order valence-electron chi connectivity index (χ1n) is 9.22. The van der Waals surface area contributed by atoms with E-state index in [1.807, 2.05) is 55.5 Å². The van der Waals surface area contributed by atoms with Gasteiger partial charge in [0.2, 0.25) is 0 Å². The average molecular weight is 652 g/mol. The van der Waals surface area contributed by atoms with Gasteiger partial charge in [-0.15, -0.1) is 0 Å². The molecule has 0 saturated heterocycles. The first-order chi connectivity index (χ1) is 14.9. The van der Waals surface area contributed by atoms with E-state index >= 15 is 0 Å². The fraction of sp³-hybridized carbons (Fsp3) is 0.0833. The molecule has 3 rings (SSSR count). The molecule has 1 amide bonds. The molecule has 0 bridgehead atoms. The van der Waals surface area contributed by atoms with Crippen molar-refractivity contribution in [1.29, 1.82) is 5.26 Å². The summed E-state index contributed by atoms with van der Waals surface area (Å²) in [7, 11) is 0. The number of nitrogens with one attached hydrogen (secondary N) is 1. The monoisotopic (exact) mass is 650 g/mol. The summed E-state index contributed by atoms with van der Waals surface area (Å²) in [6.45, 7) is 2.49. The number of hydrogen-bond donors (Lipinski definition) is 1. The molecule has 1 N–H and O–H groups in total. The molecule has 31 heavy (non-hydrogen) atoms. The third kappa shape index (κ3) is 6.66. The Kier molecular flexibility index (Phi) is 8.29. The van der Waals surface area contributed by atoms with Crippen LogP contribution in [0.1, 0.15) is 16.7 Å². The van der Waals surface area contributed by atoms with Crippen molar-refractivity contribution in [3.05, 3.63) is 95.4 Å². The Bertz CT molecular complexity index is 1160. The largest absolute Gasteiger partial charge is 0.487 e. The normalized spacial score (nSPS) is 11.0. The van der Waals surface area contributed by atoms with Crippen LogP contribution in [0.2, 0.25) is 0 Å². The number of anilines is 1. The van der Waals surface area contributed by atoms with Crippen molar-refractivity contribution in [1.82, 2.24) is 0 Å². The number of carbonyl (C=O) groups is 1. The van der Waals surface area contributed by atoms with Crippen LogP contribution in [-0.2, 0) is 11.4 Å². The lowest BCUT2D eigenvalue weighted by Crippen LogP contribution is -2.13. The first kappa shape index (κ1) is 23.5. The fourth-order valence-electron chi connectivity index (χ4n) is 2.81. The maximum absolute atomic E-state index is 12.5. The lowest BCUT2D eigenvalue weighted by molar-refractivity contribution is -0.112. The maximum Gasteiger partial charge on any atom is 0.266 e. The van der Waals surface area contributed by atoms with Gasteiger partial charge in [0.25, 0.3) is 5.91 Å². The second-order valence-electron chi connectivity index (χ2n) is 6.72. The smallest absolute Gasteiger partial charge is 0.266 e. The van der Waals surface area contributed by atoms with E-state index in [-0.39, 0.29) is 5.57 Å². The van der Waals surface area contributed by atoms with Gasteiger partial charge in [-0.3, -0.25) is 4.79 Å². The standard InChI is InChI=1S/C24H17Br2IN2O2/c1-15-3-2-4-16(9-15)14-31-23-21(26)11-17(12-22(23)27)10-18(13-28)24(30)29-20-7-5-19(25)6-8-20/h2-12H,14H2,1H3,(H,29,30)/b18-10-. The minimum absolute atomic E-state index is 0.0130. The van der Waals surface area contributed by atoms with Crippen LogP contribution in [0.3, 0.4) is 0 Å². The average Bonchev–Trinajstić information content (AvgIpc) is 2.73. The van der Waals surface area contributed by atoms with E-state index < -0.39 is 5.91 Å². The van der Waals surface area contributed by atoms with Gasteiger partial charge in [0.05, 0.1) is 8.04 Å². The topological polar surface area (TPSA) is 62.1 Å². The third-order valence-electron chi connectivity index (χ3n) is 4.26. The lowest BCUT2D eigenvalue weighted by Gasteiger charge is -2.12. The number of benzene rings is 3. The Morgan fingerprint density at radius 2 is 1.90 bits per heavy atom.